The van der Waals surface area contributed by atoms with Gasteiger partial charge >= 0.3 is 6.03 Å². The molecular weight excluding hydrogens is 297 g/mol. The lowest BCUT2D eigenvalue weighted by atomic mass is 10.2. The second kappa shape index (κ2) is 6.61. The predicted octanol–water partition coefficient (Wildman–Crippen LogP) is 4.10. The van der Waals surface area contributed by atoms with Gasteiger partial charge in [-0.2, -0.15) is 0 Å². The van der Waals surface area contributed by atoms with Crippen LogP contribution in [-0.2, 0) is 6.54 Å². The van der Waals surface area contributed by atoms with E-state index in [1.54, 1.807) is 24.3 Å². The van der Waals surface area contributed by atoms with Gasteiger partial charge in [0, 0.05) is 17.9 Å². The van der Waals surface area contributed by atoms with Crippen LogP contribution in [0, 0.1) is 0 Å². The third-order valence-corrected chi connectivity index (χ3v) is 3.40. The molecule has 0 bridgehead atoms. The third-order valence-electron chi connectivity index (χ3n) is 2.66. The number of rotatable bonds is 3. The lowest BCUT2D eigenvalue weighted by Crippen LogP contribution is -2.20. The van der Waals surface area contributed by atoms with Crippen LogP contribution in [0.25, 0.3) is 0 Å². The Labute approximate surface area is 126 Å². The quantitative estimate of drug-likeness (QED) is 0.799. The van der Waals surface area contributed by atoms with Gasteiger partial charge in [-0.25, -0.2) is 4.79 Å². The van der Waals surface area contributed by atoms with Crippen molar-refractivity contribution >= 4 is 40.6 Å². The molecule has 0 atom stereocenters. The molecule has 2 aromatic rings. The number of hydrogen-bond acceptors (Lipinski definition) is 2. The Bertz CT molecular complexity index is 632. The van der Waals surface area contributed by atoms with E-state index in [1.165, 1.54) is 0 Å². The molecule has 6 heteroatoms. The van der Waals surface area contributed by atoms with E-state index in [9.17, 15) is 4.79 Å². The molecule has 0 radical (unpaired) electrons. The average Bonchev–Trinajstić information content (AvgIpc) is 2.43. The van der Waals surface area contributed by atoms with Crippen molar-refractivity contribution in [1.29, 1.82) is 0 Å². The van der Waals surface area contributed by atoms with E-state index in [0.29, 0.717) is 28.0 Å². The van der Waals surface area contributed by atoms with Crippen LogP contribution in [-0.4, -0.2) is 6.03 Å². The summed E-state index contributed by atoms with van der Waals surface area (Å²) in [6.45, 7) is 0.350. The fraction of sp³-hybridized carbons (Fsp3) is 0.0714. The predicted molar refractivity (Wildman–Crippen MR) is 83.4 cm³/mol. The molecule has 0 aliphatic heterocycles. The maximum absolute atomic E-state index is 11.9. The van der Waals surface area contributed by atoms with E-state index in [-0.39, 0.29) is 6.03 Å². The van der Waals surface area contributed by atoms with Crippen molar-refractivity contribution in [2.45, 2.75) is 6.54 Å². The van der Waals surface area contributed by atoms with Crippen LogP contribution >= 0.6 is 23.2 Å². The van der Waals surface area contributed by atoms with Gasteiger partial charge in [0.2, 0.25) is 0 Å². The number of nitrogens with two attached hydrogens (primary N) is 1. The summed E-state index contributed by atoms with van der Waals surface area (Å²) >= 11 is 11.7. The van der Waals surface area contributed by atoms with Crippen molar-refractivity contribution in [3.05, 3.63) is 58.1 Å². The Morgan fingerprint density at radius 1 is 1.05 bits per heavy atom. The highest BCUT2D eigenvalue weighted by Gasteiger charge is 2.07. The van der Waals surface area contributed by atoms with Gasteiger partial charge in [0.25, 0.3) is 0 Å². The van der Waals surface area contributed by atoms with Gasteiger partial charge in [0.1, 0.15) is 0 Å². The molecule has 2 amide bonds. The fourth-order valence-electron chi connectivity index (χ4n) is 1.68. The number of hydrogen-bond donors (Lipinski definition) is 3. The van der Waals surface area contributed by atoms with Crippen LogP contribution in [0.5, 0.6) is 0 Å². The van der Waals surface area contributed by atoms with Gasteiger partial charge in [0.05, 0.1) is 10.0 Å². The first-order valence-corrected chi connectivity index (χ1v) is 6.67. The van der Waals surface area contributed by atoms with Crippen molar-refractivity contribution in [3.8, 4) is 0 Å². The fourth-order valence-corrected chi connectivity index (χ4v) is 1.98. The highest BCUT2D eigenvalue weighted by Crippen LogP contribution is 2.25. The number of urea groups is 1. The number of para-hydroxylation sites is 1. The molecule has 0 unspecified atom stereocenters. The van der Waals surface area contributed by atoms with Crippen LogP contribution in [0.15, 0.2) is 42.5 Å². The lowest BCUT2D eigenvalue weighted by molar-refractivity contribution is 0.262. The molecule has 4 nitrogen and oxygen atoms in total. The minimum absolute atomic E-state index is 0.350. The first kappa shape index (κ1) is 14.7. The Hall–Kier alpha value is -1.75. The molecule has 0 aliphatic carbocycles. The van der Waals surface area contributed by atoms with Gasteiger partial charge in [-0.1, -0.05) is 41.4 Å². The monoisotopic (exact) mass is 309 g/mol. The zero-order valence-electron chi connectivity index (χ0n) is 10.5. The minimum Gasteiger partial charge on any atom is -0.326 e. The minimum atomic E-state index is -0.371. The number of halogens is 2. The molecule has 0 saturated heterocycles. The zero-order chi connectivity index (χ0) is 14.5. The van der Waals surface area contributed by atoms with Crippen LogP contribution in [0.2, 0.25) is 10.0 Å². The molecule has 0 aromatic heterocycles. The average molecular weight is 310 g/mol. The Morgan fingerprint density at radius 3 is 2.50 bits per heavy atom. The van der Waals surface area contributed by atoms with E-state index in [0.717, 1.165) is 5.56 Å². The second-order valence-electron chi connectivity index (χ2n) is 4.07. The summed E-state index contributed by atoms with van der Waals surface area (Å²) in [4.78, 5) is 11.9. The van der Waals surface area contributed by atoms with E-state index in [1.807, 2.05) is 18.2 Å². The topological polar surface area (TPSA) is 67.1 Å². The lowest BCUT2D eigenvalue weighted by Gasteiger charge is -2.11. The SMILES string of the molecule is NCc1ccccc1NC(=O)Nc1ccc(Cl)c(Cl)c1. The summed E-state index contributed by atoms with van der Waals surface area (Å²) in [5.41, 5.74) is 7.70. The molecule has 0 spiro atoms. The van der Waals surface area contributed by atoms with Crippen molar-refractivity contribution in [2.75, 3.05) is 10.6 Å². The molecule has 2 aromatic carbocycles. The summed E-state index contributed by atoms with van der Waals surface area (Å²) in [7, 11) is 0. The van der Waals surface area contributed by atoms with Crippen LogP contribution in [0.1, 0.15) is 5.56 Å². The highest BCUT2D eigenvalue weighted by molar-refractivity contribution is 6.42. The van der Waals surface area contributed by atoms with Gasteiger partial charge in [-0.05, 0) is 29.8 Å². The Kier molecular flexibility index (Phi) is 4.84. The molecular formula is C14H13Cl2N3O. The molecule has 0 aliphatic rings. The number of carbonyl (C=O) groups excluding carboxylic acids is 1. The number of nitrogens with one attached hydrogen (secondary N) is 2. The van der Waals surface area contributed by atoms with Gasteiger partial charge < -0.3 is 16.4 Å². The largest absolute Gasteiger partial charge is 0.326 e. The summed E-state index contributed by atoms with van der Waals surface area (Å²) in [5, 5.41) is 6.23. The normalized spacial score (nSPS) is 10.2. The molecule has 0 heterocycles. The van der Waals surface area contributed by atoms with Gasteiger partial charge in [-0.3, -0.25) is 0 Å². The van der Waals surface area contributed by atoms with E-state index in [2.05, 4.69) is 10.6 Å². The van der Waals surface area contributed by atoms with Crippen LogP contribution in [0.3, 0.4) is 0 Å². The second-order valence-corrected chi connectivity index (χ2v) is 4.88. The molecule has 4 N–H and O–H groups in total. The molecule has 0 saturated carbocycles. The first-order chi connectivity index (χ1) is 9.60. The van der Waals surface area contributed by atoms with Gasteiger partial charge in [0.15, 0.2) is 0 Å². The van der Waals surface area contributed by atoms with E-state index < -0.39 is 0 Å². The number of amides is 2. The van der Waals surface area contributed by atoms with Crippen molar-refractivity contribution in [1.82, 2.24) is 0 Å². The Balaban J connectivity index is 2.07. The van der Waals surface area contributed by atoms with Crippen molar-refractivity contribution in [3.63, 3.8) is 0 Å². The number of benzene rings is 2. The smallest absolute Gasteiger partial charge is 0.323 e. The van der Waals surface area contributed by atoms with Crippen LogP contribution in [0.4, 0.5) is 16.2 Å². The summed E-state index contributed by atoms with van der Waals surface area (Å²) in [6.07, 6.45) is 0. The molecule has 20 heavy (non-hydrogen) atoms. The number of anilines is 2. The summed E-state index contributed by atoms with van der Waals surface area (Å²) < 4.78 is 0. The first-order valence-electron chi connectivity index (χ1n) is 5.91. The van der Waals surface area contributed by atoms with Crippen molar-refractivity contribution in [2.24, 2.45) is 5.73 Å². The maximum atomic E-state index is 11.9. The molecule has 2 rings (SSSR count). The van der Waals surface area contributed by atoms with Crippen LogP contribution < -0.4 is 16.4 Å². The van der Waals surface area contributed by atoms with E-state index in [4.69, 9.17) is 28.9 Å². The number of carbonyl (C=O) groups is 1. The Morgan fingerprint density at radius 2 is 1.80 bits per heavy atom. The van der Waals surface area contributed by atoms with Crippen molar-refractivity contribution < 1.29 is 4.79 Å². The highest BCUT2D eigenvalue weighted by atomic mass is 35.5. The summed E-state index contributed by atoms with van der Waals surface area (Å²) in [6, 6.07) is 11.8. The maximum Gasteiger partial charge on any atom is 0.323 e. The molecule has 104 valence electrons. The van der Waals surface area contributed by atoms with Gasteiger partial charge in [-0.15, -0.1) is 0 Å². The summed E-state index contributed by atoms with van der Waals surface area (Å²) in [5.74, 6) is 0. The van der Waals surface area contributed by atoms with E-state index >= 15 is 0 Å². The third kappa shape index (κ3) is 3.63. The zero-order valence-corrected chi connectivity index (χ0v) is 12.0. The molecule has 0 fully saturated rings. The standard InChI is InChI=1S/C14H13Cl2N3O/c15-11-6-5-10(7-12(11)16)18-14(20)19-13-4-2-1-3-9(13)8-17/h1-7H,8,17H2,(H2,18,19,20).